The molecule has 0 radical (unpaired) electrons. The summed E-state index contributed by atoms with van der Waals surface area (Å²) in [6, 6.07) is 8.86. The van der Waals surface area contributed by atoms with Gasteiger partial charge in [0.1, 0.15) is 6.04 Å². The summed E-state index contributed by atoms with van der Waals surface area (Å²) in [7, 11) is 1.56. The Kier molecular flexibility index (Phi) is 4.76. The van der Waals surface area contributed by atoms with Gasteiger partial charge in [-0.1, -0.05) is 30.3 Å². The zero-order valence-corrected chi connectivity index (χ0v) is 14.2. The molecule has 7 heteroatoms. The molecule has 3 rings (SSSR count). The van der Waals surface area contributed by atoms with Crippen molar-refractivity contribution in [1.29, 1.82) is 0 Å². The van der Waals surface area contributed by atoms with Crippen molar-refractivity contribution >= 4 is 11.8 Å². The molecule has 1 saturated heterocycles. The van der Waals surface area contributed by atoms with E-state index in [1.165, 1.54) is 11.1 Å². The number of nitrogens with zero attached hydrogens (tertiary/aromatic N) is 3. The minimum Gasteiger partial charge on any atom is -0.380 e. The van der Waals surface area contributed by atoms with Crippen molar-refractivity contribution in [2.75, 3.05) is 13.7 Å². The SMILES string of the molecule is CO[C@H]1C[C@@H](C(N)=O)N(C(=O)c2cnc(-c3ccccc3)nc2C)C1. The fourth-order valence-corrected chi connectivity index (χ4v) is 3.02. The molecule has 1 aromatic carbocycles. The van der Waals surface area contributed by atoms with Crippen LogP contribution in [-0.4, -0.2) is 52.5 Å². The molecule has 2 atom stereocenters. The third-order valence-electron chi connectivity index (χ3n) is 4.43. The fraction of sp³-hybridized carbons (Fsp3) is 0.333. The van der Waals surface area contributed by atoms with Crippen molar-refractivity contribution in [2.24, 2.45) is 5.73 Å². The molecule has 1 fully saturated rings. The molecular formula is C18H20N4O3. The number of benzene rings is 1. The second-order valence-electron chi connectivity index (χ2n) is 6.03. The first-order valence-electron chi connectivity index (χ1n) is 8.03. The number of carbonyl (C=O) groups is 2. The van der Waals surface area contributed by atoms with Gasteiger partial charge in [0.2, 0.25) is 5.91 Å². The van der Waals surface area contributed by atoms with Crippen LogP contribution in [0.15, 0.2) is 36.5 Å². The van der Waals surface area contributed by atoms with Crippen molar-refractivity contribution in [2.45, 2.75) is 25.5 Å². The van der Waals surface area contributed by atoms with Crippen molar-refractivity contribution < 1.29 is 14.3 Å². The van der Waals surface area contributed by atoms with Gasteiger partial charge in [-0.25, -0.2) is 9.97 Å². The van der Waals surface area contributed by atoms with E-state index < -0.39 is 11.9 Å². The third kappa shape index (κ3) is 3.36. The number of rotatable bonds is 4. The summed E-state index contributed by atoms with van der Waals surface area (Å²) in [5, 5.41) is 0. The summed E-state index contributed by atoms with van der Waals surface area (Å²) >= 11 is 0. The minimum atomic E-state index is -0.675. The highest BCUT2D eigenvalue weighted by atomic mass is 16.5. The standard InChI is InChI=1S/C18H20N4O3/c1-11-14(9-20-17(21-11)12-6-4-3-5-7-12)18(24)22-10-13(25-2)8-15(22)16(19)23/h3-7,9,13,15H,8,10H2,1-2H3,(H2,19,23)/t13-,15-/m0/s1. The lowest BCUT2D eigenvalue weighted by molar-refractivity contribution is -0.121. The summed E-state index contributed by atoms with van der Waals surface area (Å²) in [5.41, 5.74) is 7.24. The molecule has 0 unspecified atom stereocenters. The first kappa shape index (κ1) is 17.0. The number of methoxy groups -OCH3 is 1. The topological polar surface area (TPSA) is 98.4 Å². The van der Waals surface area contributed by atoms with E-state index in [2.05, 4.69) is 9.97 Å². The number of aromatic nitrogens is 2. The average Bonchev–Trinajstić information content (AvgIpc) is 3.06. The quantitative estimate of drug-likeness (QED) is 0.901. The number of aryl methyl sites for hydroxylation is 1. The monoisotopic (exact) mass is 340 g/mol. The molecule has 2 N–H and O–H groups in total. The van der Waals surface area contributed by atoms with Gasteiger partial charge in [0.05, 0.1) is 17.4 Å². The molecule has 25 heavy (non-hydrogen) atoms. The Bertz CT molecular complexity index is 794. The Morgan fingerprint density at radius 1 is 1.28 bits per heavy atom. The van der Waals surface area contributed by atoms with Crippen molar-refractivity contribution in [3.05, 3.63) is 47.8 Å². The lowest BCUT2D eigenvalue weighted by Crippen LogP contribution is -2.44. The van der Waals surface area contributed by atoms with E-state index in [9.17, 15) is 9.59 Å². The molecule has 1 aliphatic rings. The second kappa shape index (κ2) is 6.98. The summed E-state index contributed by atoms with van der Waals surface area (Å²) in [6.45, 7) is 2.08. The van der Waals surface area contributed by atoms with E-state index in [4.69, 9.17) is 10.5 Å². The smallest absolute Gasteiger partial charge is 0.258 e. The predicted octanol–water partition coefficient (Wildman–Crippen LogP) is 1.17. The van der Waals surface area contributed by atoms with Crippen molar-refractivity contribution in [1.82, 2.24) is 14.9 Å². The predicted molar refractivity (Wildman–Crippen MR) is 91.6 cm³/mol. The van der Waals surface area contributed by atoms with Gasteiger partial charge in [-0.2, -0.15) is 0 Å². The molecule has 0 aliphatic carbocycles. The van der Waals surface area contributed by atoms with Gasteiger partial charge in [0, 0.05) is 31.8 Å². The highest BCUT2D eigenvalue weighted by Gasteiger charge is 2.39. The zero-order valence-electron chi connectivity index (χ0n) is 14.2. The Balaban J connectivity index is 1.88. The van der Waals surface area contributed by atoms with Gasteiger partial charge in [-0.15, -0.1) is 0 Å². The molecule has 1 aromatic heterocycles. The van der Waals surface area contributed by atoms with Gasteiger partial charge < -0.3 is 15.4 Å². The van der Waals surface area contributed by atoms with E-state index in [1.54, 1.807) is 14.0 Å². The van der Waals surface area contributed by atoms with E-state index in [1.807, 2.05) is 30.3 Å². The van der Waals surface area contributed by atoms with Crippen LogP contribution in [-0.2, 0) is 9.53 Å². The highest BCUT2D eigenvalue weighted by Crippen LogP contribution is 2.24. The number of nitrogens with two attached hydrogens (primary N) is 1. The minimum absolute atomic E-state index is 0.203. The number of hydrogen-bond donors (Lipinski definition) is 1. The van der Waals surface area contributed by atoms with Gasteiger partial charge in [0.25, 0.3) is 5.91 Å². The van der Waals surface area contributed by atoms with Crippen molar-refractivity contribution in [3.63, 3.8) is 0 Å². The van der Waals surface area contributed by atoms with Crippen molar-refractivity contribution in [3.8, 4) is 11.4 Å². The molecule has 0 bridgehead atoms. The van der Waals surface area contributed by atoms with Crippen LogP contribution < -0.4 is 5.73 Å². The molecule has 0 saturated carbocycles. The Morgan fingerprint density at radius 2 is 2.00 bits per heavy atom. The normalized spacial score (nSPS) is 19.8. The van der Waals surface area contributed by atoms with Crippen LogP contribution in [0.25, 0.3) is 11.4 Å². The third-order valence-corrected chi connectivity index (χ3v) is 4.43. The van der Waals surface area contributed by atoms with E-state index in [0.717, 1.165) is 5.56 Å². The Morgan fingerprint density at radius 3 is 2.60 bits per heavy atom. The summed E-state index contributed by atoms with van der Waals surface area (Å²) < 4.78 is 5.28. The molecule has 1 aliphatic heterocycles. The second-order valence-corrected chi connectivity index (χ2v) is 6.03. The molecule has 130 valence electrons. The maximum Gasteiger partial charge on any atom is 0.258 e. The van der Waals surface area contributed by atoms with Crippen LogP contribution in [0, 0.1) is 6.92 Å². The maximum absolute atomic E-state index is 12.9. The van der Waals surface area contributed by atoms with Crippen LogP contribution in [0.4, 0.5) is 0 Å². The number of hydrogen-bond acceptors (Lipinski definition) is 5. The first-order chi connectivity index (χ1) is 12.0. The number of ether oxygens (including phenoxy) is 1. The first-order valence-corrected chi connectivity index (χ1v) is 8.03. The lowest BCUT2D eigenvalue weighted by Gasteiger charge is -2.22. The Labute approximate surface area is 145 Å². The van der Waals surface area contributed by atoms with Gasteiger partial charge in [0.15, 0.2) is 5.82 Å². The van der Waals surface area contributed by atoms with Gasteiger partial charge in [-0.05, 0) is 6.92 Å². The highest BCUT2D eigenvalue weighted by molar-refractivity contribution is 5.98. The average molecular weight is 340 g/mol. The number of likely N-dealkylation sites (tertiary alicyclic amines) is 1. The van der Waals surface area contributed by atoms with Crippen LogP contribution in [0.2, 0.25) is 0 Å². The number of primary amides is 1. The van der Waals surface area contributed by atoms with Crippen LogP contribution in [0.3, 0.4) is 0 Å². The summed E-state index contributed by atoms with van der Waals surface area (Å²) in [5.74, 6) is -0.287. The maximum atomic E-state index is 12.9. The van der Waals surface area contributed by atoms with E-state index in [-0.39, 0.29) is 12.0 Å². The molecular weight excluding hydrogens is 320 g/mol. The zero-order chi connectivity index (χ0) is 18.0. The molecule has 2 amide bonds. The van der Waals surface area contributed by atoms with Crippen LogP contribution >= 0.6 is 0 Å². The lowest BCUT2D eigenvalue weighted by atomic mass is 10.1. The fourth-order valence-electron chi connectivity index (χ4n) is 3.02. The van der Waals surface area contributed by atoms with Crippen LogP contribution in [0.5, 0.6) is 0 Å². The van der Waals surface area contributed by atoms with Crippen LogP contribution in [0.1, 0.15) is 22.5 Å². The summed E-state index contributed by atoms with van der Waals surface area (Å²) in [4.78, 5) is 34.7. The largest absolute Gasteiger partial charge is 0.380 e. The molecule has 7 nitrogen and oxygen atoms in total. The van der Waals surface area contributed by atoms with E-state index >= 15 is 0 Å². The molecule has 2 aromatic rings. The summed E-state index contributed by atoms with van der Waals surface area (Å²) in [6.07, 6.45) is 1.70. The number of carbonyl (C=O) groups excluding carboxylic acids is 2. The van der Waals surface area contributed by atoms with Gasteiger partial charge >= 0.3 is 0 Å². The Hall–Kier alpha value is -2.80. The molecule has 0 spiro atoms. The van der Waals surface area contributed by atoms with E-state index in [0.29, 0.717) is 30.0 Å². The molecule has 2 heterocycles. The van der Waals surface area contributed by atoms with Gasteiger partial charge in [-0.3, -0.25) is 9.59 Å². The number of amides is 2.